The number of aromatic nitrogens is 1. The highest BCUT2D eigenvalue weighted by Crippen LogP contribution is 2.22. The first-order valence-corrected chi connectivity index (χ1v) is 9.68. The minimum Gasteiger partial charge on any atom is -0.443 e. The first kappa shape index (κ1) is 21.9. The van der Waals surface area contributed by atoms with Crippen molar-refractivity contribution in [2.45, 2.75) is 46.2 Å². The second-order valence-electron chi connectivity index (χ2n) is 7.85. The van der Waals surface area contributed by atoms with Crippen molar-refractivity contribution in [2.75, 3.05) is 26.7 Å². The summed E-state index contributed by atoms with van der Waals surface area (Å²) in [4.78, 5) is 11.0. The molecule has 0 spiro atoms. The third-order valence-electron chi connectivity index (χ3n) is 4.16. The lowest BCUT2D eigenvalue weighted by atomic mass is 9.94. The molecule has 0 unspecified atom stereocenters. The van der Waals surface area contributed by atoms with Crippen LogP contribution in [0.2, 0.25) is 0 Å². The lowest BCUT2D eigenvalue weighted by Crippen LogP contribution is -2.40. The van der Waals surface area contributed by atoms with E-state index in [2.05, 4.69) is 46.3 Å². The van der Waals surface area contributed by atoms with E-state index in [-0.39, 0.29) is 11.2 Å². The Balaban J connectivity index is 1.82. The van der Waals surface area contributed by atoms with Gasteiger partial charge in [-0.3, -0.25) is 0 Å². The second-order valence-corrected chi connectivity index (χ2v) is 7.85. The van der Waals surface area contributed by atoms with Crippen LogP contribution in [0.3, 0.4) is 0 Å². The van der Waals surface area contributed by atoms with Crippen molar-refractivity contribution in [3.63, 3.8) is 0 Å². The zero-order chi connectivity index (χ0) is 20.6. The normalized spacial score (nSPS) is 12.5. The number of aliphatic imine (C=N–C) groups is 1. The molecule has 0 aliphatic heterocycles. The van der Waals surface area contributed by atoms with Crippen molar-refractivity contribution in [2.24, 2.45) is 4.99 Å². The standard InChI is InChI=1S/C21H32FN5O/c1-6-23-20(26-14-19-25-13-18(28-19)21(2,3)4)24-11-12-27(5)15-16-7-9-17(22)10-8-16/h7-10,13H,6,11-12,14-15H2,1-5H3,(H2,23,24,26). The van der Waals surface area contributed by atoms with Crippen LogP contribution >= 0.6 is 0 Å². The van der Waals surface area contributed by atoms with E-state index in [0.29, 0.717) is 12.4 Å². The van der Waals surface area contributed by atoms with Crippen molar-refractivity contribution >= 4 is 5.96 Å². The number of guanidine groups is 1. The van der Waals surface area contributed by atoms with Gasteiger partial charge in [-0.05, 0) is 31.7 Å². The first-order chi connectivity index (χ1) is 13.3. The summed E-state index contributed by atoms with van der Waals surface area (Å²) in [5.74, 6) is 1.99. The van der Waals surface area contributed by atoms with E-state index in [9.17, 15) is 4.39 Å². The summed E-state index contributed by atoms with van der Waals surface area (Å²) in [5.41, 5.74) is 1.02. The predicted molar refractivity (Wildman–Crippen MR) is 111 cm³/mol. The van der Waals surface area contributed by atoms with Gasteiger partial charge in [-0.25, -0.2) is 14.4 Å². The third kappa shape index (κ3) is 7.31. The molecule has 1 aromatic heterocycles. The van der Waals surface area contributed by atoms with E-state index < -0.39 is 0 Å². The van der Waals surface area contributed by atoms with Crippen molar-refractivity contribution in [3.05, 3.63) is 53.5 Å². The van der Waals surface area contributed by atoms with Gasteiger partial charge in [0.05, 0.1) is 6.20 Å². The minimum atomic E-state index is -0.208. The Morgan fingerprint density at radius 3 is 2.54 bits per heavy atom. The highest BCUT2D eigenvalue weighted by atomic mass is 19.1. The molecule has 0 bridgehead atoms. The maximum Gasteiger partial charge on any atom is 0.216 e. The van der Waals surface area contributed by atoms with Crippen molar-refractivity contribution in [3.8, 4) is 0 Å². The van der Waals surface area contributed by atoms with Crippen molar-refractivity contribution < 1.29 is 8.81 Å². The lowest BCUT2D eigenvalue weighted by molar-refractivity contribution is 0.331. The molecule has 28 heavy (non-hydrogen) atoms. The fourth-order valence-corrected chi connectivity index (χ4v) is 2.56. The number of hydrogen-bond donors (Lipinski definition) is 2. The minimum absolute atomic E-state index is 0.0627. The van der Waals surface area contributed by atoms with Gasteiger partial charge < -0.3 is 20.0 Å². The molecule has 0 aliphatic carbocycles. The number of likely N-dealkylation sites (N-methyl/N-ethyl adjacent to an activating group) is 1. The lowest BCUT2D eigenvalue weighted by Gasteiger charge is -2.18. The van der Waals surface area contributed by atoms with Crippen LogP contribution in [0, 0.1) is 5.82 Å². The fraction of sp³-hybridized carbons (Fsp3) is 0.524. The van der Waals surface area contributed by atoms with Gasteiger partial charge in [-0.2, -0.15) is 0 Å². The van der Waals surface area contributed by atoms with Crippen LogP contribution < -0.4 is 10.6 Å². The Morgan fingerprint density at radius 1 is 1.21 bits per heavy atom. The molecule has 0 saturated heterocycles. The van der Waals surface area contributed by atoms with Crippen molar-refractivity contribution in [1.82, 2.24) is 20.5 Å². The van der Waals surface area contributed by atoms with Gasteiger partial charge in [-0.15, -0.1) is 0 Å². The molecule has 0 radical (unpaired) electrons. The van der Waals surface area contributed by atoms with Crippen LogP contribution in [0.15, 0.2) is 39.9 Å². The molecule has 1 aromatic carbocycles. The number of rotatable bonds is 8. The van der Waals surface area contributed by atoms with E-state index in [0.717, 1.165) is 43.5 Å². The summed E-state index contributed by atoms with van der Waals surface area (Å²) in [6.07, 6.45) is 1.77. The summed E-state index contributed by atoms with van der Waals surface area (Å²) < 4.78 is 18.8. The van der Waals surface area contributed by atoms with Gasteiger partial charge in [0.1, 0.15) is 18.1 Å². The molecule has 0 amide bonds. The van der Waals surface area contributed by atoms with Crippen LogP contribution in [0.1, 0.15) is 44.9 Å². The van der Waals surface area contributed by atoms with Gasteiger partial charge in [0, 0.05) is 31.6 Å². The van der Waals surface area contributed by atoms with Crippen LogP contribution in [0.4, 0.5) is 4.39 Å². The summed E-state index contributed by atoms with van der Waals surface area (Å²) in [6.45, 7) is 11.8. The number of benzene rings is 1. The van der Waals surface area contributed by atoms with E-state index >= 15 is 0 Å². The number of nitrogens with one attached hydrogen (secondary N) is 2. The molecule has 0 aliphatic rings. The molecule has 2 N–H and O–H groups in total. The molecular formula is C21H32FN5O. The molecule has 0 atom stereocenters. The van der Waals surface area contributed by atoms with Gasteiger partial charge in [0.2, 0.25) is 5.89 Å². The molecule has 0 fully saturated rings. The average molecular weight is 390 g/mol. The molecule has 154 valence electrons. The summed E-state index contributed by atoms with van der Waals surface area (Å²) in [6, 6.07) is 6.61. The average Bonchev–Trinajstić information content (AvgIpc) is 3.11. The smallest absolute Gasteiger partial charge is 0.216 e. The summed E-state index contributed by atoms with van der Waals surface area (Å²) >= 11 is 0. The summed E-state index contributed by atoms with van der Waals surface area (Å²) in [7, 11) is 2.04. The van der Waals surface area contributed by atoms with E-state index in [4.69, 9.17) is 4.42 Å². The zero-order valence-corrected chi connectivity index (χ0v) is 17.6. The zero-order valence-electron chi connectivity index (χ0n) is 17.6. The fourth-order valence-electron chi connectivity index (χ4n) is 2.56. The number of halogens is 1. The first-order valence-electron chi connectivity index (χ1n) is 9.68. The molecule has 2 aromatic rings. The molecule has 0 saturated carbocycles. The predicted octanol–water partition coefficient (Wildman–Crippen LogP) is 3.30. The number of hydrogen-bond acceptors (Lipinski definition) is 4. The highest BCUT2D eigenvalue weighted by Gasteiger charge is 2.19. The largest absolute Gasteiger partial charge is 0.443 e. The highest BCUT2D eigenvalue weighted by molar-refractivity contribution is 5.79. The van der Waals surface area contributed by atoms with Gasteiger partial charge in [0.15, 0.2) is 5.96 Å². The monoisotopic (exact) mass is 389 g/mol. The van der Waals surface area contributed by atoms with Crippen LogP contribution in [-0.2, 0) is 18.5 Å². The van der Waals surface area contributed by atoms with E-state index in [1.165, 1.54) is 12.1 Å². The van der Waals surface area contributed by atoms with Crippen LogP contribution in [0.5, 0.6) is 0 Å². The SMILES string of the molecule is CCNC(=NCc1ncc(C(C)(C)C)o1)NCCN(C)Cc1ccc(F)cc1. The topological polar surface area (TPSA) is 65.7 Å². The van der Waals surface area contributed by atoms with Crippen LogP contribution in [0.25, 0.3) is 0 Å². The second kappa shape index (κ2) is 10.2. The maximum atomic E-state index is 13.0. The van der Waals surface area contributed by atoms with E-state index in [1.807, 2.05) is 26.1 Å². The maximum absolute atomic E-state index is 13.0. The molecular weight excluding hydrogens is 357 g/mol. The molecule has 2 rings (SSSR count). The van der Waals surface area contributed by atoms with Gasteiger partial charge in [-0.1, -0.05) is 32.9 Å². The number of nitrogens with zero attached hydrogens (tertiary/aromatic N) is 3. The molecule has 7 heteroatoms. The molecule has 6 nitrogen and oxygen atoms in total. The van der Waals surface area contributed by atoms with E-state index in [1.54, 1.807) is 6.20 Å². The van der Waals surface area contributed by atoms with Gasteiger partial charge in [0.25, 0.3) is 0 Å². The Morgan fingerprint density at radius 2 is 1.93 bits per heavy atom. The third-order valence-corrected chi connectivity index (χ3v) is 4.16. The Kier molecular flexibility index (Phi) is 7.99. The quantitative estimate of drug-likeness (QED) is 0.536. The van der Waals surface area contributed by atoms with Crippen molar-refractivity contribution in [1.29, 1.82) is 0 Å². The van der Waals surface area contributed by atoms with Crippen LogP contribution in [-0.4, -0.2) is 42.5 Å². The van der Waals surface area contributed by atoms with Gasteiger partial charge >= 0.3 is 0 Å². The Bertz CT molecular complexity index is 749. The summed E-state index contributed by atoms with van der Waals surface area (Å²) in [5, 5.41) is 6.55. The molecule has 1 heterocycles. The number of oxazole rings is 1. The Labute approximate surface area is 167 Å². The Hall–Kier alpha value is -2.41.